The summed E-state index contributed by atoms with van der Waals surface area (Å²) in [5, 5.41) is 1.16. The first-order valence-corrected chi connectivity index (χ1v) is 9.33. The Bertz CT molecular complexity index is 391. The summed E-state index contributed by atoms with van der Waals surface area (Å²) >= 11 is 3.80. The maximum Gasteiger partial charge on any atom is 0.108 e. The molecule has 0 amide bonds. The normalized spacial score (nSPS) is 26.9. The van der Waals surface area contributed by atoms with E-state index in [1.807, 2.05) is 6.20 Å². The lowest BCUT2D eigenvalue weighted by atomic mass is 9.68. The topological polar surface area (TPSA) is 17.8 Å². The highest BCUT2D eigenvalue weighted by Crippen LogP contribution is 2.44. The SMILES string of the molecule is CCCCC1CCC(CBr)(CCc2nccn2C)CC1. The number of rotatable bonds is 7. The zero-order valence-corrected chi connectivity index (χ0v) is 14.7. The van der Waals surface area contributed by atoms with Gasteiger partial charge in [0.25, 0.3) is 0 Å². The predicted octanol–water partition coefficient (Wildman–Crippen LogP) is 5.11. The fourth-order valence-electron chi connectivity index (χ4n) is 3.54. The molecule has 1 aromatic heterocycles. The number of aryl methyl sites for hydroxylation is 2. The number of hydrogen-bond donors (Lipinski definition) is 0. The van der Waals surface area contributed by atoms with E-state index in [1.54, 1.807) is 0 Å². The summed E-state index contributed by atoms with van der Waals surface area (Å²) in [5.74, 6) is 2.23. The van der Waals surface area contributed by atoms with Gasteiger partial charge in [0.05, 0.1) is 0 Å². The quantitative estimate of drug-likeness (QED) is 0.630. The smallest absolute Gasteiger partial charge is 0.108 e. The van der Waals surface area contributed by atoms with E-state index in [0.717, 1.165) is 17.7 Å². The molecule has 0 aliphatic heterocycles. The van der Waals surface area contributed by atoms with Crippen molar-refractivity contribution in [2.75, 3.05) is 5.33 Å². The number of imidazole rings is 1. The fourth-order valence-corrected chi connectivity index (χ4v) is 4.38. The largest absolute Gasteiger partial charge is 0.338 e. The highest BCUT2D eigenvalue weighted by Gasteiger charge is 2.34. The summed E-state index contributed by atoms with van der Waals surface area (Å²) in [6.07, 6.45) is 16.3. The van der Waals surface area contributed by atoms with E-state index in [1.165, 1.54) is 57.2 Å². The van der Waals surface area contributed by atoms with Crippen molar-refractivity contribution in [3.63, 3.8) is 0 Å². The molecule has 0 saturated heterocycles. The summed E-state index contributed by atoms with van der Waals surface area (Å²) in [6, 6.07) is 0. The van der Waals surface area contributed by atoms with Crippen LogP contribution in [0.25, 0.3) is 0 Å². The average molecular weight is 341 g/mol. The van der Waals surface area contributed by atoms with Crippen LogP contribution in [0.2, 0.25) is 0 Å². The van der Waals surface area contributed by atoms with Gasteiger partial charge in [0.2, 0.25) is 0 Å². The molecule has 0 atom stereocenters. The maximum atomic E-state index is 4.47. The summed E-state index contributed by atoms with van der Waals surface area (Å²) in [5.41, 5.74) is 0.522. The number of hydrogen-bond acceptors (Lipinski definition) is 1. The van der Waals surface area contributed by atoms with Gasteiger partial charge in [-0.1, -0.05) is 42.1 Å². The van der Waals surface area contributed by atoms with Crippen molar-refractivity contribution in [1.82, 2.24) is 9.55 Å². The van der Waals surface area contributed by atoms with E-state index in [4.69, 9.17) is 0 Å². The molecule has 1 fully saturated rings. The first kappa shape index (κ1) is 16.1. The summed E-state index contributed by atoms with van der Waals surface area (Å²) in [7, 11) is 2.10. The lowest BCUT2D eigenvalue weighted by molar-refractivity contribution is 0.157. The third-order valence-corrected chi connectivity index (χ3v) is 6.40. The molecule has 0 N–H and O–H groups in total. The zero-order chi connectivity index (χ0) is 14.4. The van der Waals surface area contributed by atoms with Gasteiger partial charge in [0, 0.05) is 31.2 Å². The maximum absolute atomic E-state index is 4.47. The fraction of sp³-hybridized carbons (Fsp3) is 0.824. The molecular weight excluding hydrogens is 312 g/mol. The Hall–Kier alpha value is -0.310. The van der Waals surface area contributed by atoms with Gasteiger partial charge in [-0.3, -0.25) is 0 Å². The van der Waals surface area contributed by atoms with Crippen LogP contribution in [0.3, 0.4) is 0 Å². The Morgan fingerprint density at radius 2 is 2.15 bits per heavy atom. The molecule has 1 heterocycles. The second-order valence-electron chi connectivity index (χ2n) is 6.67. The lowest BCUT2D eigenvalue weighted by Gasteiger charge is -2.39. The summed E-state index contributed by atoms with van der Waals surface area (Å²) in [6.45, 7) is 2.30. The zero-order valence-electron chi connectivity index (χ0n) is 13.1. The molecule has 1 saturated carbocycles. The van der Waals surface area contributed by atoms with Crippen LogP contribution >= 0.6 is 15.9 Å². The van der Waals surface area contributed by atoms with Crippen molar-refractivity contribution in [1.29, 1.82) is 0 Å². The van der Waals surface area contributed by atoms with Crippen LogP contribution in [0.1, 0.15) is 64.1 Å². The van der Waals surface area contributed by atoms with Gasteiger partial charge < -0.3 is 4.57 Å². The minimum atomic E-state index is 0.522. The first-order chi connectivity index (χ1) is 9.69. The van der Waals surface area contributed by atoms with Crippen LogP contribution in [0, 0.1) is 11.3 Å². The van der Waals surface area contributed by atoms with Gasteiger partial charge in [0.1, 0.15) is 5.82 Å². The van der Waals surface area contributed by atoms with Gasteiger partial charge in [-0.05, 0) is 43.4 Å². The molecule has 0 bridgehead atoms. The van der Waals surface area contributed by atoms with Crippen molar-refractivity contribution in [3.05, 3.63) is 18.2 Å². The molecule has 0 aromatic carbocycles. The molecule has 114 valence electrons. The van der Waals surface area contributed by atoms with Crippen LogP contribution in [0.4, 0.5) is 0 Å². The van der Waals surface area contributed by atoms with Crippen molar-refractivity contribution < 1.29 is 0 Å². The number of unbranched alkanes of at least 4 members (excludes halogenated alkanes) is 1. The Morgan fingerprint density at radius 1 is 1.40 bits per heavy atom. The average Bonchev–Trinajstić information content (AvgIpc) is 2.89. The van der Waals surface area contributed by atoms with E-state index in [2.05, 4.69) is 45.6 Å². The van der Waals surface area contributed by atoms with Gasteiger partial charge in [-0.15, -0.1) is 0 Å². The Balaban J connectivity index is 1.84. The van der Waals surface area contributed by atoms with Crippen LogP contribution < -0.4 is 0 Å². The van der Waals surface area contributed by atoms with Crippen LogP contribution in [-0.4, -0.2) is 14.9 Å². The van der Waals surface area contributed by atoms with Crippen LogP contribution in [-0.2, 0) is 13.5 Å². The van der Waals surface area contributed by atoms with E-state index in [9.17, 15) is 0 Å². The molecular formula is C17H29BrN2. The Morgan fingerprint density at radius 3 is 2.70 bits per heavy atom. The van der Waals surface area contributed by atoms with Crippen molar-refractivity contribution >= 4 is 15.9 Å². The minimum Gasteiger partial charge on any atom is -0.338 e. The standard InChI is InChI=1S/C17H29BrN2/c1-3-4-5-15-6-9-17(14-18,10-7-15)11-8-16-19-12-13-20(16)2/h12-13,15H,3-11,14H2,1-2H3. The third-order valence-electron chi connectivity index (χ3n) is 5.22. The molecule has 1 aliphatic carbocycles. The molecule has 1 aliphatic rings. The number of nitrogens with zero attached hydrogens (tertiary/aromatic N) is 2. The van der Waals surface area contributed by atoms with Crippen LogP contribution in [0.15, 0.2) is 12.4 Å². The Kier molecular flexibility index (Phi) is 6.13. The van der Waals surface area contributed by atoms with Gasteiger partial charge in [-0.2, -0.15) is 0 Å². The monoisotopic (exact) mass is 340 g/mol. The van der Waals surface area contributed by atoms with Gasteiger partial charge in [0.15, 0.2) is 0 Å². The number of alkyl halides is 1. The van der Waals surface area contributed by atoms with Crippen LogP contribution in [0.5, 0.6) is 0 Å². The van der Waals surface area contributed by atoms with Crippen molar-refractivity contribution in [2.24, 2.45) is 18.4 Å². The van der Waals surface area contributed by atoms with E-state index >= 15 is 0 Å². The third kappa shape index (κ3) is 4.09. The lowest BCUT2D eigenvalue weighted by Crippen LogP contribution is -2.30. The molecule has 20 heavy (non-hydrogen) atoms. The minimum absolute atomic E-state index is 0.522. The predicted molar refractivity (Wildman–Crippen MR) is 89.2 cm³/mol. The van der Waals surface area contributed by atoms with E-state index in [-0.39, 0.29) is 0 Å². The number of halogens is 1. The van der Waals surface area contributed by atoms with Crippen molar-refractivity contribution in [2.45, 2.75) is 64.7 Å². The highest BCUT2D eigenvalue weighted by atomic mass is 79.9. The van der Waals surface area contributed by atoms with E-state index < -0.39 is 0 Å². The number of aromatic nitrogens is 2. The first-order valence-electron chi connectivity index (χ1n) is 8.21. The molecule has 2 nitrogen and oxygen atoms in total. The molecule has 0 radical (unpaired) electrons. The molecule has 1 aromatic rings. The second kappa shape index (κ2) is 7.63. The molecule has 3 heteroatoms. The molecule has 0 spiro atoms. The summed E-state index contributed by atoms with van der Waals surface area (Å²) < 4.78 is 2.16. The van der Waals surface area contributed by atoms with Gasteiger partial charge in [-0.25, -0.2) is 4.98 Å². The Labute approximate surface area is 132 Å². The molecule has 0 unspecified atom stereocenters. The summed E-state index contributed by atoms with van der Waals surface area (Å²) in [4.78, 5) is 4.47. The second-order valence-corrected chi connectivity index (χ2v) is 7.23. The van der Waals surface area contributed by atoms with Gasteiger partial charge >= 0.3 is 0 Å². The highest BCUT2D eigenvalue weighted by molar-refractivity contribution is 9.09. The van der Waals surface area contributed by atoms with E-state index in [0.29, 0.717) is 5.41 Å². The molecule has 2 rings (SSSR count). The van der Waals surface area contributed by atoms with Crippen molar-refractivity contribution in [3.8, 4) is 0 Å².